The Labute approximate surface area is 871 Å². The number of likely N-dealkylation sites (N-methyl/N-ethyl adjacent to an activating group) is 4. The van der Waals surface area contributed by atoms with Gasteiger partial charge in [0.25, 0.3) is 47.3 Å². The first kappa shape index (κ1) is 108. The Morgan fingerprint density at radius 2 is 0.568 bits per heavy atom. The molecule has 148 heavy (non-hydrogen) atoms. The molecule has 2 unspecified atom stereocenters. The van der Waals surface area contributed by atoms with Crippen LogP contribution < -0.4 is 80.1 Å². The Bertz CT molecular complexity index is 5910. The van der Waals surface area contributed by atoms with Crippen molar-refractivity contribution in [2.75, 3.05) is 126 Å². The first-order valence-electron chi connectivity index (χ1n) is 51.9. The Hall–Kier alpha value is -13.8. The van der Waals surface area contributed by atoms with E-state index >= 15 is 0 Å². The Balaban J connectivity index is 0.000000148. The molecule has 36 heteroatoms. The molecule has 8 aromatic rings. The summed E-state index contributed by atoms with van der Waals surface area (Å²) in [5.74, 6) is -6.73. The Morgan fingerprint density at radius 1 is 0.311 bits per heavy atom. The number of amides is 14. The number of carbonyl (C=O) groups excluding carboxylic acids is 14. The van der Waals surface area contributed by atoms with Crippen molar-refractivity contribution in [1.82, 2.24) is 21.3 Å². The van der Waals surface area contributed by atoms with E-state index < -0.39 is 108 Å². The number of rotatable bonds is 34. The molecular formula is C112H136N16O18S2. The molecule has 6 aromatic carbocycles. The van der Waals surface area contributed by atoms with Crippen molar-refractivity contribution in [3.8, 4) is 0 Å². The maximum absolute atomic E-state index is 14.1. The molecule has 6 saturated carbocycles. The smallest absolute Gasteiger partial charge is 0.342 e. The highest BCUT2D eigenvalue weighted by atomic mass is 32.1. The van der Waals surface area contributed by atoms with E-state index in [2.05, 4.69) is 21.3 Å². The third-order valence-electron chi connectivity index (χ3n) is 29.2. The molecule has 6 N–H and O–H groups in total. The first-order chi connectivity index (χ1) is 71.2. The lowest BCUT2D eigenvalue weighted by molar-refractivity contribution is -0.143. The number of nitrogens with one attached hydrogen (secondary N) is 4. The molecule has 0 spiro atoms. The van der Waals surface area contributed by atoms with Crippen molar-refractivity contribution in [2.24, 2.45) is 47.3 Å². The van der Waals surface area contributed by atoms with Gasteiger partial charge in [-0.25, -0.2) is 9.59 Å². The fourth-order valence-electron chi connectivity index (χ4n) is 21.1. The molecule has 14 amide bonds. The first-order valence-corrected chi connectivity index (χ1v) is 53.7. The molecule has 2 atom stereocenters. The number of carboxylic acid groups (broad SMARTS) is 2. The quantitative estimate of drug-likeness (QED) is 0.0161. The van der Waals surface area contributed by atoms with E-state index in [4.69, 9.17) is 0 Å². The number of hydrogen-bond donors (Lipinski definition) is 6. The summed E-state index contributed by atoms with van der Waals surface area (Å²) in [5.41, 5.74) is 6.15. The van der Waals surface area contributed by atoms with Crippen LogP contribution in [0, 0.1) is 47.3 Å². The average molecular weight is 2060 g/mol. The van der Waals surface area contributed by atoms with E-state index in [1.165, 1.54) is 61.9 Å². The maximum atomic E-state index is 14.1. The van der Waals surface area contributed by atoms with Gasteiger partial charge in [0.1, 0.15) is 13.1 Å². The second-order valence-corrected chi connectivity index (χ2v) is 43.0. The fraction of sp³-hybridized carbons (Fsp3) is 0.464. The normalized spacial score (nSPS) is 18.1. The molecule has 6 fully saturated rings. The van der Waals surface area contributed by atoms with Gasteiger partial charge in [-0.2, -0.15) is 0 Å². The number of para-hydroxylation sites is 10. The molecule has 784 valence electrons. The van der Waals surface area contributed by atoms with Crippen molar-refractivity contribution < 1.29 is 86.9 Å². The van der Waals surface area contributed by atoms with Crippen molar-refractivity contribution in [3.63, 3.8) is 0 Å². The van der Waals surface area contributed by atoms with Gasteiger partial charge in [-0.05, 0) is 232 Å². The summed E-state index contributed by atoms with van der Waals surface area (Å²) >= 11 is 2.48. The largest absolute Gasteiger partial charge is 0.479 e. The average Bonchev–Trinajstić information content (AvgIpc) is 1.62. The van der Waals surface area contributed by atoms with Gasteiger partial charge in [-0.1, -0.05) is 164 Å². The highest BCUT2D eigenvalue weighted by Crippen LogP contribution is 2.44. The lowest BCUT2D eigenvalue weighted by Gasteiger charge is -2.33. The van der Waals surface area contributed by atoms with Crippen LogP contribution in [-0.4, -0.2) is 209 Å². The van der Waals surface area contributed by atoms with Crippen LogP contribution in [0.3, 0.4) is 0 Å². The summed E-state index contributed by atoms with van der Waals surface area (Å²) < 4.78 is 0. The number of nitrogens with zero attached hydrogens (tertiary/aromatic N) is 12. The van der Waals surface area contributed by atoms with Crippen LogP contribution in [0.5, 0.6) is 0 Å². The fourth-order valence-corrected chi connectivity index (χ4v) is 22.6. The molecule has 0 saturated heterocycles. The minimum atomic E-state index is -1.60. The molecule has 0 radical (unpaired) electrons. The molecule has 34 nitrogen and oxygen atoms in total. The Kier molecular flexibility index (Phi) is 36.4. The summed E-state index contributed by atoms with van der Waals surface area (Å²) in [7, 11) is 6.24. The zero-order valence-corrected chi connectivity index (χ0v) is 87.0. The summed E-state index contributed by atoms with van der Waals surface area (Å²) in [6, 6.07) is 48.2. The number of fused-ring (bicyclic) bond motifs is 4. The maximum Gasteiger partial charge on any atom is 0.342 e. The van der Waals surface area contributed by atoms with Gasteiger partial charge in [0, 0.05) is 91.4 Å². The third-order valence-corrected chi connectivity index (χ3v) is 31.0. The van der Waals surface area contributed by atoms with Crippen LogP contribution in [0.4, 0.5) is 66.9 Å². The lowest BCUT2D eigenvalue weighted by atomic mass is 10.0. The predicted octanol–water partition coefficient (Wildman–Crippen LogP) is 14.4. The van der Waals surface area contributed by atoms with Crippen LogP contribution in [0.2, 0.25) is 0 Å². The number of anilines is 12. The predicted molar refractivity (Wildman–Crippen MR) is 572 cm³/mol. The minimum absolute atomic E-state index is 0.0929. The number of aliphatic carboxylic acids is 2. The minimum Gasteiger partial charge on any atom is -0.479 e. The molecule has 6 heterocycles. The van der Waals surface area contributed by atoms with E-state index in [0.29, 0.717) is 118 Å². The zero-order chi connectivity index (χ0) is 105. The van der Waals surface area contributed by atoms with Gasteiger partial charge in [0.15, 0.2) is 36.5 Å². The van der Waals surface area contributed by atoms with Crippen LogP contribution in [0.1, 0.15) is 182 Å². The van der Waals surface area contributed by atoms with Crippen LogP contribution >= 0.6 is 22.7 Å². The molecule has 18 rings (SSSR count). The van der Waals surface area contributed by atoms with Crippen LogP contribution in [-0.2, 0) is 76.7 Å². The van der Waals surface area contributed by atoms with Crippen molar-refractivity contribution in [2.45, 2.75) is 218 Å². The molecular weight excluding hydrogens is 1920 g/mol. The van der Waals surface area contributed by atoms with Crippen molar-refractivity contribution in [3.05, 3.63) is 193 Å². The number of benzene rings is 6. The lowest BCUT2D eigenvalue weighted by Crippen LogP contribution is -2.63. The van der Waals surface area contributed by atoms with Gasteiger partial charge in [0.05, 0.1) is 55.5 Å². The van der Waals surface area contributed by atoms with Crippen molar-refractivity contribution in [1.29, 1.82) is 0 Å². The summed E-state index contributed by atoms with van der Waals surface area (Å²) in [4.78, 5) is 232. The van der Waals surface area contributed by atoms with Gasteiger partial charge < -0.3 is 69.8 Å². The Morgan fingerprint density at radius 3 is 0.845 bits per heavy atom. The summed E-state index contributed by atoms with van der Waals surface area (Å²) in [6.07, 6.45) is 18.8. The standard InChI is InChI=1S/C32H38N4O4.C30H40N4O5S.C26H30N4O4.C24H28N4O5S/c37-28(21-34(25-10-2-1-3-11-25)29(38)18-22-8-4-5-9-22)33-30-31(39)35(19-23-14-15-23)26-12-6-7-13-27(26)36(32(30)40)20-24-16-17-24;1-19(2)17-32-22-12-7-8-13-23(22)33(18-20(3)4)29(37)26(28(32)36)31-27(30(38)39)34(25-14-9-15-40-25)24(35)16-21-10-5-6-11-21;1-28-20-14-8-9-15-21(20)29(2)26(34)24(25(28)33)27-22(31)17-30(19-12-4-3-5-13-19)23(32)16-18-10-6-7-11-18;1-26-16-10-5-6-11-17(16)27(2)23(31)20(22(26)30)25-21(24(32)33)28(19-12-7-13-34-19)18(29)14-15-8-3-4-9-15/h1-3,6-7,10-13,22-24,30H,4-5,8-9,14-21H2,(H,33,37);7-9,12-15,19-21,26-27,31H,5-6,10-11,16-18H2,1-4H3,(H,38,39);3-5,8-9,12-15,18,24H,6-7,10-11,16-17H2,1-2H3,(H,27,31);5-7,10-13,15,20-21,25H,3-4,8-9,14H2,1-2H3,(H,32,33). The highest BCUT2D eigenvalue weighted by molar-refractivity contribution is 7.14. The molecule has 10 aliphatic rings. The zero-order valence-electron chi connectivity index (χ0n) is 85.4. The highest BCUT2D eigenvalue weighted by Gasteiger charge is 2.50. The third kappa shape index (κ3) is 26.3. The van der Waals surface area contributed by atoms with Gasteiger partial charge in [-0.15, -0.1) is 22.7 Å². The number of carbonyl (C=O) groups is 16. The number of hydrogen-bond acceptors (Lipinski definition) is 20. The topological polar surface area (TPSA) is 401 Å². The van der Waals surface area contributed by atoms with Gasteiger partial charge >= 0.3 is 11.9 Å². The van der Waals surface area contributed by atoms with Gasteiger partial charge in [0.2, 0.25) is 35.4 Å². The van der Waals surface area contributed by atoms with Crippen LogP contribution in [0.15, 0.2) is 193 Å². The summed E-state index contributed by atoms with van der Waals surface area (Å²) in [6.45, 7) is 9.18. The monoisotopic (exact) mass is 2060 g/mol. The second-order valence-electron chi connectivity index (χ2n) is 41.2. The van der Waals surface area contributed by atoms with Crippen LogP contribution in [0.25, 0.3) is 0 Å². The van der Waals surface area contributed by atoms with E-state index in [1.54, 1.807) is 143 Å². The molecule has 4 aliphatic heterocycles. The van der Waals surface area contributed by atoms with Gasteiger partial charge in [-0.3, -0.25) is 87.6 Å². The molecule has 2 aromatic heterocycles. The van der Waals surface area contributed by atoms with E-state index in [1.807, 2.05) is 125 Å². The molecule has 0 bridgehead atoms. The number of thiophene rings is 2. The van der Waals surface area contributed by atoms with E-state index in [9.17, 15) is 86.9 Å². The summed E-state index contributed by atoms with van der Waals surface area (Å²) in [5, 5.41) is 35.9. The van der Waals surface area contributed by atoms with Crippen molar-refractivity contribution >= 4 is 184 Å². The van der Waals surface area contributed by atoms with E-state index in [0.717, 1.165) is 140 Å². The number of carboxylic acids is 2. The SMILES string of the molecule is CC(C)CN1C(=O)C(NC(C(=O)O)N(C(=O)CC2CCCC2)c2cccs2)C(=O)N(CC(C)C)c2ccccc21.CN1C(=O)C(NC(=O)CN(C(=O)CC2CCCC2)c2ccccc2)C(=O)N(C)c2ccccc21.CN1C(=O)C(NC(C(=O)O)N(C(=O)CC2CCCC2)c2cccs2)C(=O)N(C)c2ccccc21.O=C(CN(C(=O)CC1CCCC1)c1ccccc1)NC1C(=O)N(CC2CC2)c2ccccc2N(CC2CC2)C1=O. The molecule has 6 aliphatic carbocycles. The second kappa shape index (κ2) is 49.8. The van der Waals surface area contributed by atoms with E-state index in [-0.39, 0.29) is 73.2 Å².